The number of rotatable bonds is 4. The maximum atomic E-state index is 13.6. The third-order valence-electron chi connectivity index (χ3n) is 2.77. The zero-order chi connectivity index (χ0) is 15.6. The van der Waals surface area contributed by atoms with E-state index in [2.05, 4.69) is 26.3 Å². The monoisotopic (exact) mass is 355 g/mol. The Bertz CT molecular complexity index is 702. The van der Waals surface area contributed by atoms with Gasteiger partial charge in [-0.2, -0.15) is 5.10 Å². The third-order valence-corrected chi connectivity index (χ3v) is 3.27. The Morgan fingerprint density at radius 3 is 2.76 bits per heavy atom. The van der Waals surface area contributed by atoms with Crippen molar-refractivity contribution in [2.75, 3.05) is 5.32 Å². The molecule has 2 N–H and O–H groups in total. The summed E-state index contributed by atoms with van der Waals surface area (Å²) in [6.07, 6.45) is 1.38. The van der Waals surface area contributed by atoms with Crippen molar-refractivity contribution in [2.45, 2.75) is 13.0 Å². The van der Waals surface area contributed by atoms with Gasteiger partial charge in [0.05, 0.1) is 5.69 Å². The maximum absolute atomic E-state index is 13.6. The molecule has 110 valence electrons. The summed E-state index contributed by atoms with van der Waals surface area (Å²) < 4.78 is 15.3. The second-order valence-electron chi connectivity index (χ2n) is 4.27. The highest BCUT2D eigenvalue weighted by atomic mass is 79.9. The summed E-state index contributed by atoms with van der Waals surface area (Å²) in [5, 5.41) is 15.1. The number of carbonyl (C=O) groups excluding carboxylic acids is 1. The van der Waals surface area contributed by atoms with Crippen molar-refractivity contribution in [3.05, 3.63) is 46.4 Å². The first kappa shape index (κ1) is 15.2. The molecule has 1 aromatic heterocycles. The molecule has 1 heterocycles. The number of aliphatic carboxylic acids is 1. The van der Waals surface area contributed by atoms with Gasteiger partial charge < -0.3 is 10.4 Å². The molecule has 1 atom stereocenters. The molecule has 0 saturated heterocycles. The molecule has 2 rings (SSSR count). The van der Waals surface area contributed by atoms with Crippen molar-refractivity contribution in [2.24, 2.45) is 0 Å². The van der Waals surface area contributed by atoms with E-state index in [9.17, 15) is 14.0 Å². The average molecular weight is 356 g/mol. The molecule has 0 radical (unpaired) electrons. The molecule has 2 aromatic rings. The normalized spacial score (nSPS) is 12.0. The largest absolute Gasteiger partial charge is 0.480 e. The van der Waals surface area contributed by atoms with Gasteiger partial charge in [-0.15, -0.1) is 0 Å². The molecule has 1 unspecified atom stereocenters. The first-order chi connectivity index (χ1) is 9.88. The molecule has 0 aliphatic carbocycles. The fourth-order valence-corrected chi connectivity index (χ4v) is 1.90. The quantitative estimate of drug-likeness (QED) is 0.882. The highest BCUT2D eigenvalue weighted by Gasteiger charge is 2.17. The standard InChI is InChI=1S/C13H11BrFN3O3/c1-7(13(20)21)18-5-4-11(17-18)12(19)16-10-3-2-8(14)6-9(10)15/h2-7H,1H3,(H,16,19)(H,20,21). The van der Waals surface area contributed by atoms with Crippen LogP contribution in [0, 0.1) is 5.82 Å². The van der Waals surface area contributed by atoms with E-state index in [0.717, 1.165) is 4.68 Å². The molecule has 6 nitrogen and oxygen atoms in total. The summed E-state index contributed by atoms with van der Waals surface area (Å²) in [4.78, 5) is 22.8. The highest BCUT2D eigenvalue weighted by Crippen LogP contribution is 2.20. The summed E-state index contributed by atoms with van der Waals surface area (Å²) in [5.74, 6) is -2.27. The number of hydrogen-bond donors (Lipinski definition) is 2. The number of hydrogen-bond acceptors (Lipinski definition) is 3. The number of nitrogens with one attached hydrogen (secondary N) is 1. The fourth-order valence-electron chi connectivity index (χ4n) is 1.57. The van der Waals surface area contributed by atoms with Crippen LogP contribution in [0.5, 0.6) is 0 Å². The molecule has 0 spiro atoms. The lowest BCUT2D eigenvalue weighted by atomic mass is 10.3. The van der Waals surface area contributed by atoms with Crippen LogP contribution < -0.4 is 5.32 Å². The van der Waals surface area contributed by atoms with Crippen molar-refractivity contribution >= 4 is 33.5 Å². The number of carboxylic acid groups (broad SMARTS) is 1. The summed E-state index contributed by atoms with van der Waals surface area (Å²) in [6.45, 7) is 1.44. The molecule has 0 bridgehead atoms. The van der Waals surface area contributed by atoms with Gasteiger partial charge in [-0.25, -0.2) is 9.18 Å². The Morgan fingerprint density at radius 2 is 2.14 bits per heavy atom. The van der Waals surface area contributed by atoms with Gasteiger partial charge in [0.15, 0.2) is 5.69 Å². The molecule has 8 heteroatoms. The van der Waals surface area contributed by atoms with E-state index in [1.54, 1.807) is 6.07 Å². The fraction of sp³-hybridized carbons (Fsp3) is 0.154. The van der Waals surface area contributed by atoms with Gasteiger partial charge in [-0.1, -0.05) is 15.9 Å². The summed E-state index contributed by atoms with van der Waals surface area (Å²) in [6, 6.07) is 4.69. The van der Waals surface area contributed by atoms with Gasteiger partial charge in [0, 0.05) is 10.7 Å². The number of carboxylic acids is 1. The van der Waals surface area contributed by atoms with E-state index in [1.807, 2.05) is 0 Å². The van der Waals surface area contributed by atoms with Crippen LogP contribution in [0.2, 0.25) is 0 Å². The molecule has 21 heavy (non-hydrogen) atoms. The molecule has 0 aliphatic rings. The minimum atomic E-state index is -1.07. The van der Waals surface area contributed by atoms with Gasteiger partial charge >= 0.3 is 5.97 Å². The lowest BCUT2D eigenvalue weighted by molar-refractivity contribution is -0.140. The summed E-state index contributed by atoms with van der Waals surface area (Å²) >= 11 is 3.12. The van der Waals surface area contributed by atoms with Crippen LogP contribution in [0.25, 0.3) is 0 Å². The second-order valence-corrected chi connectivity index (χ2v) is 5.19. The third kappa shape index (κ3) is 3.46. The van der Waals surface area contributed by atoms with Crippen molar-refractivity contribution < 1.29 is 19.1 Å². The molecule has 0 aliphatic heterocycles. The van der Waals surface area contributed by atoms with Gasteiger partial charge in [0.25, 0.3) is 5.91 Å². The van der Waals surface area contributed by atoms with E-state index < -0.39 is 23.7 Å². The van der Waals surface area contributed by atoms with Crippen molar-refractivity contribution in [3.8, 4) is 0 Å². The van der Waals surface area contributed by atoms with Gasteiger partial charge in [-0.05, 0) is 31.2 Å². The lowest BCUT2D eigenvalue weighted by Crippen LogP contribution is -2.18. The van der Waals surface area contributed by atoms with Crippen molar-refractivity contribution in [1.82, 2.24) is 9.78 Å². The van der Waals surface area contributed by atoms with Crippen LogP contribution in [0.1, 0.15) is 23.5 Å². The van der Waals surface area contributed by atoms with E-state index in [-0.39, 0.29) is 11.4 Å². The molecule has 0 fully saturated rings. The first-order valence-electron chi connectivity index (χ1n) is 5.93. The van der Waals surface area contributed by atoms with E-state index in [1.165, 1.54) is 31.3 Å². The van der Waals surface area contributed by atoms with E-state index in [0.29, 0.717) is 4.47 Å². The van der Waals surface area contributed by atoms with Gasteiger partial charge in [0.1, 0.15) is 11.9 Å². The number of carbonyl (C=O) groups is 2. The minimum Gasteiger partial charge on any atom is -0.480 e. The van der Waals surface area contributed by atoms with Crippen LogP contribution in [0.15, 0.2) is 34.9 Å². The topological polar surface area (TPSA) is 84.2 Å². The number of benzene rings is 1. The predicted octanol–water partition coefficient (Wildman–Crippen LogP) is 2.68. The Morgan fingerprint density at radius 1 is 1.43 bits per heavy atom. The van der Waals surface area contributed by atoms with Crippen molar-refractivity contribution in [1.29, 1.82) is 0 Å². The molecule has 1 aromatic carbocycles. The van der Waals surface area contributed by atoms with Crippen LogP contribution >= 0.6 is 15.9 Å². The number of aromatic nitrogens is 2. The van der Waals surface area contributed by atoms with E-state index in [4.69, 9.17) is 5.11 Å². The zero-order valence-electron chi connectivity index (χ0n) is 10.9. The van der Waals surface area contributed by atoms with Crippen LogP contribution in [-0.4, -0.2) is 26.8 Å². The summed E-state index contributed by atoms with van der Waals surface area (Å²) in [7, 11) is 0. The van der Waals surface area contributed by atoms with Gasteiger partial charge in [0.2, 0.25) is 0 Å². The SMILES string of the molecule is CC(C(=O)O)n1ccc(C(=O)Nc2ccc(Br)cc2F)n1. The van der Waals surface area contributed by atoms with Crippen LogP contribution in [-0.2, 0) is 4.79 Å². The number of anilines is 1. The predicted molar refractivity (Wildman–Crippen MR) is 76.6 cm³/mol. The lowest BCUT2D eigenvalue weighted by Gasteiger charge is -2.06. The number of halogens is 2. The van der Waals surface area contributed by atoms with E-state index >= 15 is 0 Å². The zero-order valence-corrected chi connectivity index (χ0v) is 12.5. The van der Waals surface area contributed by atoms with Crippen molar-refractivity contribution in [3.63, 3.8) is 0 Å². The maximum Gasteiger partial charge on any atom is 0.328 e. The van der Waals surface area contributed by atoms with Crippen LogP contribution in [0.3, 0.4) is 0 Å². The van der Waals surface area contributed by atoms with Crippen LogP contribution in [0.4, 0.5) is 10.1 Å². The minimum absolute atomic E-state index is 0.00502. The first-order valence-corrected chi connectivity index (χ1v) is 6.72. The number of nitrogens with zero attached hydrogens (tertiary/aromatic N) is 2. The Kier molecular flexibility index (Phi) is 4.37. The Labute approximate surface area is 127 Å². The summed E-state index contributed by atoms with van der Waals surface area (Å²) in [5.41, 5.74) is 0.0226. The Balaban J connectivity index is 2.15. The van der Waals surface area contributed by atoms with Gasteiger partial charge in [-0.3, -0.25) is 9.48 Å². The second kappa shape index (κ2) is 6.04. The highest BCUT2D eigenvalue weighted by molar-refractivity contribution is 9.10. The molecular formula is C13H11BrFN3O3. The molecular weight excluding hydrogens is 345 g/mol. The Hall–Kier alpha value is -2.22. The number of amides is 1. The molecule has 1 amide bonds. The molecule has 0 saturated carbocycles. The smallest absolute Gasteiger partial charge is 0.328 e. The average Bonchev–Trinajstić information content (AvgIpc) is 2.90.